The Morgan fingerprint density at radius 1 is 1.38 bits per heavy atom. The lowest BCUT2D eigenvalue weighted by atomic mass is 10.1. The van der Waals surface area contributed by atoms with Gasteiger partial charge in [0.2, 0.25) is 0 Å². The average molecular weight is 286 g/mol. The van der Waals surface area contributed by atoms with E-state index in [4.69, 9.17) is 5.11 Å². The van der Waals surface area contributed by atoms with Crippen molar-refractivity contribution in [2.75, 3.05) is 0 Å². The average Bonchev–Trinajstić information content (AvgIpc) is 3.30. The largest absolute Gasteiger partial charge is 0.481 e. The van der Waals surface area contributed by atoms with Gasteiger partial charge in [0.1, 0.15) is 12.6 Å². The van der Waals surface area contributed by atoms with Crippen molar-refractivity contribution in [3.8, 4) is 11.1 Å². The summed E-state index contributed by atoms with van der Waals surface area (Å²) in [6, 6.07) is 5.75. The van der Waals surface area contributed by atoms with E-state index in [2.05, 4.69) is 5.10 Å². The van der Waals surface area contributed by atoms with Gasteiger partial charge in [0.05, 0.1) is 0 Å². The summed E-state index contributed by atoms with van der Waals surface area (Å²) in [5, 5.41) is 12.8. The molecule has 0 saturated heterocycles. The predicted molar refractivity (Wildman–Crippen MR) is 74.7 cm³/mol. The van der Waals surface area contributed by atoms with E-state index in [0.29, 0.717) is 12.6 Å². The highest BCUT2D eigenvalue weighted by Crippen LogP contribution is 2.33. The van der Waals surface area contributed by atoms with E-state index in [1.165, 1.54) is 0 Å². The molecule has 1 aliphatic carbocycles. The van der Waals surface area contributed by atoms with E-state index >= 15 is 0 Å². The van der Waals surface area contributed by atoms with Gasteiger partial charge in [-0.05, 0) is 29.6 Å². The minimum atomic E-state index is -0.850. The van der Waals surface area contributed by atoms with Crippen LogP contribution in [-0.2, 0) is 11.3 Å². The number of carbonyl (C=O) groups is 1. The molecule has 108 valence electrons. The van der Waals surface area contributed by atoms with E-state index in [9.17, 15) is 9.59 Å². The van der Waals surface area contributed by atoms with Crippen molar-refractivity contribution in [2.24, 2.45) is 0 Å². The topological polar surface area (TPSA) is 76.1 Å². The highest BCUT2D eigenvalue weighted by Gasteiger charge is 2.24. The van der Waals surface area contributed by atoms with Gasteiger partial charge in [0.25, 0.3) is 5.56 Å². The van der Waals surface area contributed by atoms with Gasteiger partial charge in [-0.1, -0.05) is 4.68 Å². The molecular formula is C15H16N3O3+. The molecule has 1 aliphatic rings. The van der Waals surface area contributed by atoms with E-state index in [0.717, 1.165) is 24.0 Å². The third kappa shape index (κ3) is 3.16. The maximum atomic E-state index is 12.0. The molecule has 0 bridgehead atoms. The number of aliphatic carboxylic acids is 1. The van der Waals surface area contributed by atoms with Gasteiger partial charge in [-0.2, -0.15) is 0 Å². The van der Waals surface area contributed by atoms with Crippen LogP contribution in [0.15, 0.2) is 41.6 Å². The second-order valence-corrected chi connectivity index (χ2v) is 5.21. The van der Waals surface area contributed by atoms with Crippen LogP contribution in [0.25, 0.3) is 11.1 Å². The van der Waals surface area contributed by atoms with Crippen LogP contribution in [0.1, 0.15) is 25.3 Å². The fraction of sp³-hybridized carbons (Fsp3) is 0.333. The number of hydrogen-bond acceptors (Lipinski definition) is 3. The minimum Gasteiger partial charge on any atom is -0.481 e. The van der Waals surface area contributed by atoms with E-state index in [1.807, 2.05) is 18.3 Å². The van der Waals surface area contributed by atoms with Crippen molar-refractivity contribution in [3.05, 3.63) is 47.1 Å². The Morgan fingerprint density at radius 2 is 2.19 bits per heavy atom. The zero-order valence-corrected chi connectivity index (χ0v) is 11.5. The molecule has 0 aliphatic heterocycles. The Balaban J connectivity index is 1.78. The Kier molecular flexibility index (Phi) is 3.51. The number of carboxylic acids is 1. The first-order chi connectivity index (χ1) is 10.1. The van der Waals surface area contributed by atoms with Gasteiger partial charge in [-0.25, -0.2) is 0 Å². The molecule has 2 aromatic rings. The summed E-state index contributed by atoms with van der Waals surface area (Å²) in [7, 11) is 0. The Hall–Kier alpha value is -2.50. The highest BCUT2D eigenvalue weighted by atomic mass is 16.4. The lowest BCUT2D eigenvalue weighted by molar-refractivity contribution is -0.752. The number of pyridine rings is 1. The van der Waals surface area contributed by atoms with Crippen LogP contribution < -0.4 is 10.2 Å². The molecule has 6 heteroatoms. The molecule has 1 saturated carbocycles. The van der Waals surface area contributed by atoms with Crippen LogP contribution >= 0.6 is 0 Å². The van der Waals surface area contributed by atoms with Crippen molar-refractivity contribution in [3.63, 3.8) is 0 Å². The smallest absolute Gasteiger partial charge is 0.309 e. The highest BCUT2D eigenvalue weighted by molar-refractivity contribution is 5.66. The summed E-state index contributed by atoms with van der Waals surface area (Å²) in [5.74, 6) is -0.850. The van der Waals surface area contributed by atoms with Gasteiger partial charge >= 0.3 is 5.97 Å². The van der Waals surface area contributed by atoms with Crippen molar-refractivity contribution in [1.29, 1.82) is 0 Å². The number of aryl methyl sites for hydroxylation is 1. The molecule has 2 aromatic heterocycles. The second kappa shape index (κ2) is 5.47. The summed E-state index contributed by atoms with van der Waals surface area (Å²) in [6.07, 6.45) is 7.41. The van der Waals surface area contributed by atoms with Crippen molar-refractivity contribution >= 4 is 5.97 Å². The van der Waals surface area contributed by atoms with Crippen molar-refractivity contribution < 1.29 is 14.6 Å². The van der Waals surface area contributed by atoms with E-state index in [1.54, 1.807) is 27.7 Å². The first-order valence-corrected chi connectivity index (χ1v) is 6.93. The van der Waals surface area contributed by atoms with Gasteiger partial charge in [0, 0.05) is 29.9 Å². The number of carboxylic acid groups (broad SMARTS) is 1. The summed E-state index contributed by atoms with van der Waals surface area (Å²) >= 11 is 0. The zero-order valence-electron chi connectivity index (χ0n) is 11.5. The van der Waals surface area contributed by atoms with Gasteiger partial charge in [-0.15, -0.1) is 0 Å². The molecular weight excluding hydrogens is 270 g/mol. The molecule has 0 unspecified atom stereocenters. The number of aromatic nitrogens is 3. The zero-order chi connectivity index (χ0) is 14.8. The van der Waals surface area contributed by atoms with Gasteiger partial charge < -0.3 is 9.67 Å². The van der Waals surface area contributed by atoms with Crippen LogP contribution in [0.3, 0.4) is 0 Å². The summed E-state index contributed by atoms with van der Waals surface area (Å²) in [6.45, 7) is 0.332. The molecule has 3 rings (SSSR count). The maximum absolute atomic E-state index is 12.0. The summed E-state index contributed by atoms with van der Waals surface area (Å²) < 4.78 is 3.34. The molecule has 0 amide bonds. The van der Waals surface area contributed by atoms with Crippen LogP contribution in [0.5, 0.6) is 0 Å². The minimum absolute atomic E-state index is 0.0117. The molecule has 0 radical (unpaired) electrons. The quantitative estimate of drug-likeness (QED) is 0.832. The second-order valence-electron chi connectivity index (χ2n) is 5.21. The monoisotopic (exact) mass is 286 g/mol. The fourth-order valence-electron chi connectivity index (χ4n) is 2.22. The molecule has 6 nitrogen and oxygen atoms in total. The van der Waals surface area contributed by atoms with Gasteiger partial charge in [-0.3, -0.25) is 9.59 Å². The van der Waals surface area contributed by atoms with Gasteiger partial charge in [0.15, 0.2) is 12.7 Å². The maximum Gasteiger partial charge on any atom is 0.309 e. The predicted octanol–water partition coefficient (Wildman–Crippen LogP) is 1.01. The van der Waals surface area contributed by atoms with E-state index in [-0.39, 0.29) is 12.0 Å². The summed E-state index contributed by atoms with van der Waals surface area (Å²) in [5.41, 5.74) is 1.69. The van der Waals surface area contributed by atoms with E-state index < -0.39 is 5.97 Å². The molecule has 21 heavy (non-hydrogen) atoms. The standard InChI is InChI=1S/C15H15N3O3/c19-14-9-11(4-8-18(14)13-1-2-13)12-3-6-17(16-10-12)7-5-15(20)21/h3-4,6,8-10,13H,1-2,5,7H2/p+1. The van der Waals surface area contributed by atoms with Crippen LogP contribution in [0.2, 0.25) is 0 Å². The first kappa shape index (κ1) is 13.5. The van der Waals surface area contributed by atoms with Crippen LogP contribution in [-0.4, -0.2) is 20.7 Å². The summed E-state index contributed by atoms with van der Waals surface area (Å²) in [4.78, 5) is 22.5. The molecule has 0 atom stereocenters. The lowest BCUT2D eigenvalue weighted by Gasteiger charge is -2.04. The molecule has 2 heterocycles. The number of hydrogen-bond donors (Lipinski definition) is 1. The van der Waals surface area contributed by atoms with Crippen LogP contribution in [0, 0.1) is 0 Å². The van der Waals surface area contributed by atoms with Crippen molar-refractivity contribution in [1.82, 2.24) is 9.67 Å². The Bertz CT molecular complexity index is 718. The van der Waals surface area contributed by atoms with Crippen molar-refractivity contribution in [2.45, 2.75) is 31.8 Å². The lowest BCUT2D eigenvalue weighted by Crippen LogP contribution is -2.38. The number of rotatable bonds is 5. The Morgan fingerprint density at radius 3 is 2.76 bits per heavy atom. The number of nitrogens with zero attached hydrogens (tertiary/aromatic N) is 3. The fourth-order valence-corrected chi connectivity index (χ4v) is 2.22. The molecule has 1 N–H and O–H groups in total. The third-order valence-electron chi connectivity index (χ3n) is 3.55. The van der Waals surface area contributed by atoms with Crippen LogP contribution in [0.4, 0.5) is 0 Å². The molecule has 0 spiro atoms. The SMILES string of the molecule is O=C(O)CC[n+]1ccc(-c2ccn(C3CC3)c(=O)c2)cn1. The normalized spacial score (nSPS) is 14.1. The third-order valence-corrected chi connectivity index (χ3v) is 3.55. The first-order valence-electron chi connectivity index (χ1n) is 6.93. The molecule has 0 aromatic carbocycles. The Labute approximate surface area is 121 Å². The molecule has 1 fully saturated rings.